The van der Waals surface area contributed by atoms with E-state index < -0.39 is 0 Å². The summed E-state index contributed by atoms with van der Waals surface area (Å²) in [5.74, 6) is 1.77. The molecule has 0 radical (unpaired) electrons. The van der Waals surface area contributed by atoms with Gasteiger partial charge in [0, 0.05) is 11.8 Å². The summed E-state index contributed by atoms with van der Waals surface area (Å²) in [6.45, 7) is 0. The first-order chi connectivity index (χ1) is 5.86. The average Bonchev–Trinajstić information content (AvgIpc) is 2.80. The third kappa shape index (κ3) is 2.18. The standard InChI is InChI=1S/C7H11N3S2/c8-6(5-1-2-5)3-11-7-9-4-10-12-7/h4-6H,1-3,8H2. The fraction of sp³-hybridized carbons (Fsp3) is 0.714. The van der Waals surface area contributed by atoms with E-state index in [4.69, 9.17) is 5.73 Å². The molecule has 0 spiro atoms. The third-order valence-corrected chi connectivity index (χ3v) is 3.91. The van der Waals surface area contributed by atoms with Crippen LogP contribution in [-0.2, 0) is 0 Å². The van der Waals surface area contributed by atoms with E-state index in [1.54, 1.807) is 18.1 Å². The summed E-state index contributed by atoms with van der Waals surface area (Å²) >= 11 is 3.17. The smallest absolute Gasteiger partial charge is 0.169 e. The SMILES string of the molecule is NC(CSc1ncns1)C1CC1. The van der Waals surface area contributed by atoms with Crippen molar-refractivity contribution in [3.05, 3.63) is 6.33 Å². The summed E-state index contributed by atoms with van der Waals surface area (Å²) in [4.78, 5) is 4.08. The van der Waals surface area contributed by atoms with Crippen molar-refractivity contribution in [1.29, 1.82) is 0 Å². The highest BCUT2D eigenvalue weighted by Crippen LogP contribution is 2.34. The van der Waals surface area contributed by atoms with Crippen LogP contribution in [0.2, 0.25) is 0 Å². The number of hydrogen-bond acceptors (Lipinski definition) is 5. The van der Waals surface area contributed by atoms with Crippen LogP contribution in [0.5, 0.6) is 0 Å². The van der Waals surface area contributed by atoms with Crippen molar-refractivity contribution in [2.45, 2.75) is 23.2 Å². The van der Waals surface area contributed by atoms with Crippen LogP contribution in [0.25, 0.3) is 0 Å². The normalized spacial score (nSPS) is 19.4. The molecule has 1 aromatic rings. The van der Waals surface area contributed by atoms with Crippen molar-refractivity contribution in [1.82, 2.24) is 9.36 Å². The highest BCUT2D eigenvalue weighted by atomic mass is 32.2. The topological polar surface area (TPSA) is 51.8 Å². The predicted octanol–water partition coefficient (Wildman–Crippen LogP) is 1.37. The maximum atomic E-state index is 5.93. The van der Waals surface area contributed by atoms with Crippen LogP contribution < -0.4 is 5.73 Å². The minimum absolute atomic E-state index is 0.360. The maximum Gasteiger partial charge on any atom is 0.169 e. The number of nitrogens with zero attached hydrogens (tertiary/aromatic N) is 2. The lowest BCUT2D eigenvalue weighted by molar-refractivity contribution is 0.659. The van der Waals surface area contributed by atoms with Crippen molar-refractivity contribution in [3.8, 4) is 0 Å². The van der Waals surface area contributed by atoms with Gasteiger partial charge in [-0.15, -0.1) is 0 Å². The van der Waals surface area contributed by atoms with Crippen molar-refractivity contribution < 1.29 is 0 Å². The largest absolute Gasteiger partial charge is 0.327 e. The second-order valence-corrected chi connectivity index (χ2v) is 5.07. The second-order valence-electron chi connectivity index (χ2n) is 3.02. The molecular weight excluding hydrogens is 190 g/mol. The van der Waals surface area contributed by atoms with Gasteiger partial charge in [-0.05, 0) is 30.3 Å². The molecule has 1 atom stereocenters. The van der Waals surface area contributed by atoms with Gasteiger partial charge >= 0.3 is 0 Å². The van der Waals surface area contributed by atoms with Gasteiger partial charge in [-0.25, -0.2) is 4.98 Å². The van der Waals surface area contributed by atoms with Gasteiger partial charge in [0.15, 0.2) is 4.34 Å². The fourth-order valence-corrected chi connectivity index (χ4v) is 2.61. The summed E-state index contributed by atoms with van der Waals surface area (Å²) in [6.07, 6.45) is 4.23. The first-order valence-corrected chi connectivity index (χ1v) is 5.77. The molecule has 0 saturated heterocycles. The Hall–Kier alpha value is -0.130. The maximum absolute atomic E-state index is 5.93. The van der Waals surface area contributed by atoms with Gasteiger partial charge in [0.1, 0.15) is 6.33 Å². The molecule has 0 aliphatic heterocycles. The molecule has 0 aromatic carbocycles. The molecule has 1 aliphatic rings. The molecule has 5 heteroatoms. The summed E-state index contributed by atoms with van der Waals surface area (Å²) in [6, 6.07) is 0.360. The van der Waals surface area contributed by atoms with Crippen LogP contribution in [0.1, 0.15) is 12.8 Å². The predicted molar refractivity (Wildman–Crippen MR) is 51.3 cm³/mol. The molecule has 1 heterocycles. The summed E-state index contributed by atoms with van der Waals surface area (Å²) in [5.41, 5.74) is 5.93. The van der Waals surface area contributed by atoms with E-state index in [2.05, 4.69) is 9.36 Å². The van der Waals surface area contributed by atoms with Gasteiger partial charge in [-0.3, -0.25) is 0 Å². The van der Waals surface area contributed by atoms with Crippen LogP contribution in [0.15, 0.2) is 10.7 Å². The fourth-order valence-electron chi connectivity index (χ4n) is 1.05. The molecule has 3 nitrogen and oxygen atoms in total. The Labute approximate surface area is 79.9 Å². The Morgan fingerprint density at radius 3 is 3.17 bits per heavy atom. The lowest BCUT2D eigenvalue weighted by Crippen LogP contribution is -2.24. The first kappa shape index (κ1) is 8.47. The first-order valence-electron chi connectivity index (χ1n) is 4.01. The lowest BCUT2D eigenvalue weighted by Gasteiger charge is -2.06. The zero-order valence-electron chi connectivity index (χ0n) is 6.64. The zero-order chi connectivity index (χ0) is 8.39. The van der Waals surface area contributed by atoms with Gasteiger partial charge in [-0.2, -0.15) is 4.37 Å². The number of hydrogen-bond donors (Lipinski definition) is 1. The number of rotatable bonds is 4. The van der Waals surface area contributed by atoms with Gasteiger partial charge in [0.25, 0.3) is 0 Å². The van der Waals surface area contributed by atoms with Gasteiger partial charge < -0.3 is 5.73 Å². The third-order valence-electron chi connectivity index (χ3n) is 1.97. The monoisotopic (exact) mass is 201 g/mol. The van der Waals surface area contributed by atoms with Crippen LogP contribution in [0.3, 0.4) is 0 Å². The van der Waals surface area contributed by atoms with E-state index in [-0.39, 0.29) is 0 Å². The van der Waals surface area contributed by atoms with Crippen LogP contribution in [0.4, 0.5) is 0 Å². The zero-order valence-corrected chi connectivity index (χ0v) is 8.27. The molecular formula is C7H11N3S2. The molecule has 12 heavy (non-hydrogen) atoms. The van der Waals surface area contributed by atoms with Gasteiger partial charge in [-0.1, -0.05) is 11.8 Å². The average molecular weight is 201 g/mol. The van der Waals surface area contributed by atoms with Crippen molar-refractivity contribution in [3.63, 3.8) is 0 Å². The quantitative estimate of drug-likeness (QED) is 0.747. The van der Waals surface area contributed by atoms with E-state index in [0.29, 0.717) is 6.04 Å². The molecule has 1 unspecified atom stereocenters. The van der Waals surface area contributed by atoms with Crippen molar-refractivity contribution in [2.75, 3.05) is 5.75 Å². The van der Waals surface area contributed by atoms with Crippen LogP contribution in [0, 0.1) is 5.92 Å². The lowest BCUT2D eigenvalue weighted by atomic mass is 10.2. The van der Waals surface area contributed by atoms with E-state index >= 15 is 0 Å². The van der Waals surface area contributed by atoms with E-state index in [0.717, 1.165) is 16.0 Å². The number of thioether (sulfide) groups is 1. The summed E-state index contributed by atoms with van der Waals surface area (Å²) in [5, 5.41) is 0. The number of aromatic nitrogens is 2. The Bertz CT molecular complexity index is 233. The van der Waals surface area contributed by atoms with Crippen LogP contribution in [-0.4, -0.2) is 21.2 Å². The van der Waals surface area contributed by atoms with E-state index in [1.165, 1.54) is 24.4 Å². The highest BCUT2D eigenvalue weighted by Gasteiger charge is 2.28. The molecule has 0 amide bonds. The minimum atomic E-state index is 0.360. The molecule has 1 aliphatic carbocycles. The van der Waals surface area contributed by atoms with E-state index in [1.807, 2.05) is 0 Å². The molecule has 66 valence electrons. The number of nitrogens with two attached hydrogens (primary N) is 1. The molecule has 0 bridgehead atoms. The van der Waals surface area contributed by atoms with Gasteiger partial charge in [0.2, 0.25) is 0 Å². The Balaban J connectivity index is 1.74. The molecule has 2 N–H and O–H groups in total. The van der Waals surface area contributed by atoms with E-state index in [9.17, 15) is 0 Å². The molecule has 1 saturated carbocycles. The summed E-state index contributed by atoms with van der Waals surface area (Å²) in [7, 11) is 0. The molecule has 1 fully saturated rings. The van der Waals surface area contributed by atoms with Crippen LogP contribution >= 0.6 is 23.3 Å². The molecule has 1 aromatic heterocycles. The van der Waals surface area contributed by atoms with Crippen molar-refractivity contribution >= 4 is 23.3 Å². The Morgan fingerprint density at radius 1 is 1.75 bits per heavy atom. The van der Waals surface area contributed by atoms with Crippen molar-refractivity contribution in [2.24, 2.45) is 11.7 Å². The Kier molecular flexibility index (Phi) is 2.63. The molecule has 2 rings (SSSR count). The van der Waals surface area contributed by atoms with Gasteiger partial charge in [0.05, 0.1) is 0 Å². The second kappa shape index (κ2) is 3.72. The Morgan fingerprint density at radius 2 is 2.58 bits per heavy atom. The highest BCUT2D eigenvalue weighted by molar-refractivity contribution is 8.00. The summed E-state index contributed by atoms with van der Waals surface area (Å²) < 4.78 is 4.96. The minimum Gasteiger partial charge on any atom is -0.327 e.